The topological polar surface area (TPSA) is 35.8 Å². The summed E-state index contributed by atoms with van der Waals surface area (Å²) in [7, 11) is 0. The van der Waals surface area contributed by atoms with Crippen molar-refractivity contribution < 1.29 is 0 Å². The van der Waals surface area contributed by atoms with Crippen LogP contribution in [0.4, 0.5) is 5.69 Å². The van der Waals surface area contributed by atoms with E-state index in [1.54, 1.807) is 0 Å². The van der Waals surface area contributed by atoms with Crippen LogP contribution >= 0.6 is 15.9 Å². The van der Waals surface area contributed by atoms with Gasteiger partial charge < -0.3 is 5.32 Å². The molecule has 0 amide bonds. The van der Waals surface area contributed by atoms with E-state index in [1.165, 1.54) is 19.3 Å². The van der Waals surface area contributed by atoms with Gasteiger partial charge in [-0.2, -0.15) is 5.26 Å². The molecule has 1 aliphatic rings. The summed E-state index contributed by atoms with van der Waals surface area (Å²) in [6, 6.07) is 8.53. The van der Waals surface area contributed by atoms with Gasteiger partial charge in [0, 0.05) is 16.2 Å². The van der Waals surface area contributed by atoms with Crippen molar-refractivity contribution in [1.82, 2.24) is 0 Å². The Balaban J connectivity index is 2.12. The van der Waals surface area contributed by atoms with Crippen molar-refractivity contribution in [1.29, 1.82) is 5.26 Å². The number of nitriles is 1. The molecule has 0 aromatic heterocycles. The zero-order valence-electron chi connectivity index (χ0n) is 7.76. The quantitative estimate of drug-likeness (QED) is 0.875. The largest absolute Gasteiger partial charge is 0.382 e. The van der Waals surface area contributed by atoms with Crippen LogP contribution in [-0.2, 0) is 0 Å². The van der Waals surface area contributed by atoms with Gasteiger partial charge in [-0.3, -0.25) is 0 Å². The number of rotatable bonds is 2. The lowest BCUT2D eigenvalue weighted by atomic mass is 9.93. The van der Waals surface area contributed by atoms with Gasteiger partial charge in [-0.05, 0) is 53.4 Å². The molecule has 0 bridgehead atoms. The second-order valence-corrected chi connectivity index (χ2v) is 4.43. The second kappa shape index (κ2) is 4.02. The second-order valence-electron chi connectivity index (χ2n) is 3.58. The van der Waals surface area contributed by atoms with Crippen molar-refractivity contribution in [2.24, 2.45) is 0 Å². The van der Waals surface area contributed by atoms with Crippen molar-refractivity contribution in [3.8, 4) is 6.07 Å². The van der Waals surface area contributed by atoms with Crippen LogP contribution in [0.25, 0.3) is 0 Å². The first-order valence-electron chi connectivity index (χ1n) is 4.76. The number of nitrogens with one attached hydrogen (secondary N) is 1. The van der Waals surface area contributed by atoms with Crippen LogP contribution in [-0.4, -0.2) is 6.04 Å². The molecule has 2 nitrogen and oxygen atoms in total. The third kappa shape index (κ3) is 1.91. The molecule has 0 aliphatic heterocycles. The highest BCUT2D eigenvalue weighted by molar-refractivity contribution is 9.10. The third-order valence-corrected chi connectivity index (χ3v) is 3.22. The van der Waals surface area contributed by atoms with Gasteiger partial charge >= 0.3 is 0 Å². The summed E-state index contributed by atoms with van der Waals surface area (Å²) in [4.78, 5) is 0. The van der Waals surface area contributed by atoms with E-state index in [9.17, 15) is 0 Å². The summed E-state index contributed by atoms with van der Waals surface area (Å²) in [5.41, 5.74) is 1.78. The van der Waals surface area contributed by atoms with E-state index in [2.05, 4.69) is 27.3 Å². The van der Waals surface area contributed by atoms with Crippen molar-refractivity contribution in [3.63, 3.8) is 0 Å². The molecule has 0 unspecified atom stereocenters. The lowest BCUT2D eigenvalue weighted by Gasteiger charge is -2.27. The van der Waals surface area contributed by atoms with E-state index in [-0.39, 0.29) is 0 Å². The van der Waals surface area contributed by atoms with Gasteiger partial charge in [-0.1, -0.05) is 0 Å². The summed E-state index contributed by atoms with van der Waals surface area (Å²) in [5, 5.41) is 12.2. The van der Waals surface area contributed by atoms with Crippen LogP contribution in [0, 0.1) is 11.3 Å². The molecule has 0 spiro atoms. The number of halogens is 1. The molecule has 0 radical (unpaired) electrons. The van der Waals surface area contributed by atoms with Crippen LogP contribution in [0.15, 0.2) is 22.7 Å². The molecule has 1 aliphatic carbocycles. The molecule has 1 saturated carbocycles. The highest BCUT2D eigenvalue weighted by atomic mass is 79.9. The molecular weight excluding hydrogens is 240 g/mol. The first kappa shape index (κ1) is 9.54. The number of hydrogen-bond acceptors (Lipinski definition) is 2. The minimum Gasteiger partial charge on any atom is -0.382 e. The van der Waals surface area contributed by atoms with Gasteiger partial charge in [0.2, 0.25) is 0 Å². The fourth-order valence-corrected chi connectivity index (χ4v) is 1.95. The third-order valence-electron chi connectivity index (χ3n) is 2.57. The maximum atomic E-state index is 8.75. The van der Waals surface area contributed by atoms with Crippen LogP contribution in [0.1, 0.15) is 24.8 Å². The number of anilines is 1. The van der Waals surface area contributed by atoms with E-state index in [0.29, 0.717) is 11.6 Å². The minimum absolute atomic E-state index is 0.634. The molecule has 1 aromatic rings. The monoisotopic (exact) mass is 250 g/mol. The van der Waals surface area contributed by atoms with Crippen LogP contribution in [0.5, 0.6) is 0 Å². The molecule has 14 heavy (non-hydrogen) atoms. The fourth-order valence-electron chi connectivity index (χ4n) is 1.48. The summed E-state index contributed by atoms with van der Waals surface area (Å²) < 4.78 is 0.865. The first-order valence-corrected chi connectivity index (χ1v) is 5.55. The Morgan fingerprint density at radius 2 is 2.21 bits per heavy atom. The molecule has 1 N–H and O–H groups in total. The average molecular weight is 251 g/mol. The van der Waals surface area contributed by atoms with Crippen LogP contribution in [0.2, 0.25) is 0 Å². The van der Waals surface area contributed by atoms with Gasteiger partial charge in [-0.25, -0.2) is 0 Å². The molecule has 2 rings (SSSR count). The van der Waals surface area contributed by atoms with Crippen LogP contribution < -0.4 is 5.32 Å². The first-order chi connectivity index (χ1) is 6.79. The minimum atomic E-state index is 0.634. The fraction of sp³-hybridized carbons (Fsp3) is 0.364. The Kier molecular flexibility index (Phi) is 2.74. The zero-order chi connectivity index (χ0) is 9.97. The van der Waals surface area contributed by atoms with Crippen molar-refractivity contribution in [2.45, 2.75) is 25.3 Å². The Morgan fingerprint density at radius 3 is 2.71 bits per heavy atom. The van der Waals surface area contributed by atoms with Crippen LogP contribution in [0.3, 0.4) is 0 Å². The van der Waals surface area contributed by atoms with Gasteiger partial charge in [0.1, 0.15) is 6.07 Å². The van der Waals surface area contributed by atoms with Gasteiger partial charge in [0.05, 0.1) is 5.56 Å². The molecular formula is C11H11BrN2. The summed E-state index contributed by atoms with van der Waals surface area (Å²) >= 11 is 3.37. The van der Waals surface area contributed by atoms with Gasteiger partial charge in [-0.15, -0.1) is 0 Å². The molecule has 1 aromatic carbocycles. The number of hydrogen-bond donors (Lipinski definition) is 1. The summed E-state index contributed by atoms with van der Waals surface area (Å²) in [5.74, 6) is 0. The normalized spacial score (nSPS) is 15.7. The lowest BCUT2D eigenvalue weighted by molar-refractivity contribution is 0.445. The molecule has 0 heterocycles. The molecule has 72 valence electrons. The van der Waals surface area contributed by atoms with Crippen molar-refractivity contribution in [2.75, 3.05) is 5.32 Å². The summed E-state index contributed by atoms with van der Waals surface area (Å²) in [6.07, 6.45) is 3.85. The lowest BCUT2D eigenvalue weighted by Crippen LogP contribution is -2.26. The standard InChI is InChI=1S/C11H11BrN2/c12-11-6-10(5-4-8(11)7-13)14-9-2-1-3-9/h4-6,9,14H,1-3H2. The average Bonchev–Trinajstić information content (AvgIpc) is 2.12. The predicted molar refractivity (Wildman–Crippen MR) is 60.1 cm³/mol. The number of nitrogens with zero attached hydrogens (tertiary/aromatic N) is 1. The van der Waals surface area contributed by atoms with E-state index >= 15 is 0 Å². The number of benzene rings is 1. The van der Waals surface area contributed by atoms with Gasteiger partial charge in [0.25, 0.3) is 0 Å². The zero-order valence-corrected chi connectivity index (χ0v) is 9.34. The molecule has 0 atom stereocenters. The molecule has 1 fully saturated rings. The van der Waals surface area contributed by atoms with E-state index in [1.807, 2.05) is 18.2 Å². The van der Waals surface area contributed by atoms with Crippen molar-refractivity contribution >= 4 is 21.6 Å². The SMILES string of the molecule is N#Cc1ccc(NC2CCC2)cc1Br. The highest BCUT2D eigenvalue weighted by Gasteiger charge is 2.16. The Labute approximate surface area is 92.1 Å². The van der Waals surface area contributed by atoms with Crippen molar-refractivity contribution in [3.05, 3.63) is 28.2 Å². The highest BCUT2D eigenvalue weighted by Crippen LogP contribution is 2.26. The smallest absolute Gasteiger partial charge is 0.100 e. The molecule has 3 heteroatoms. The predicted octanol–water partition coefficient (Wildman–Crippen LogP) is 3.29. The molecule has 0 saturated heterocycles. The van der Waals surface area contributed by atoms with E-state index in [4.69, 9.17) is 5.26 Å². The maximum Gasteiger partial charge on any atom is 0.100 e. The van der Waals surface area contributed by atoms with E-state index in [0.717, 1.165) is 10.2 Å². The summed E-state index contributed by atoms with van der Waals surface area (Å²) in [6.45, 7) is 0. The Morgan fingerprint density at radius 1 is 1.43 bits per heavy atom. The Bertz CT molecular complexity index is 377. The van der Waals surface area contributed by atoms with E-state index < -0.39 is 0 Å². The van der Waals surface area contributed by atoms with Gasteiger partial charge in [0.15, 0.2) is 0 Å². The Hall–Kier alpha value is -1.01. The maximum absolute atomic E-state index is 8.75.